The van der Waals surface area contributed by atoms with Crippen LogP contribution in [0.1, 0.15) is 0 Å². The number of benzene rings is 1. The first-order valence-electron chi connectivity index (χ1n) is 3.78. The van der Waals surface area contributed by atoms with Crippen LogP contribution in [0.4, 0.5) is 12.9 Å². The van der Waals surface area contributed by atoms with E-state index in [1.54, 1.807) is 0 Å². The molecule has 1 nitrogen and oxygen atoms in total. The van der Waals surface area contributed by atoms with E-state index in [0.717, 1.165) is 0 Å². The van der Waals surface area contributed by atoms with E-state index in [4.69, 9.17) is 34.8 Å². The maximum Gasteiger partial charge on any atom is 1.00 e. The molecule has 0 spiro atoms. The van der Waals surface area contributed by atoms with Crippen LogP contribution in [0.2, 0.25) is 15.1 Å². The van der Waals surface area contributed by atoms with Crippen LogP contribution in [0.25, 0.3) is 0 Å². The van der Waals surface area contributed by atoms with E-state index in [1.807, 2.05) is 0 Å². The number of ether oxygens (including phenoxy) is 1. The fourth-order valence-corrected chi connectivity index (χ4v) is 1.77. The van der Waals surface area contributed by atoms with Gasteiger partial charge < -0.3 is 17.7 Å². The molecule has 0 N–H and O–H groups in total. The molecule has 0 fully saturated rings. The van der Waals surface area contributed by atoms with Crippen molar-refractivity contribution in [3.05, 3.63) is 27.2 Å². The minimum Gasteiger partial charge on any atom is -0.519 e. The summed E-state index contributed by atoms with van der Waals surface area (Å²) in [7, 11) is 0. The summed E-state index contributed by atoms with van der Waals surface area (Å²) in [6.45, 7) is -6.43. The van der Waals surface area contributed by atoms with E-state index in [-0.39, 0.29) is 72.2 Å². The summed E-state index contributed by atoms with van der Waals surface area (Å²) < 4.78 is 40.2. The smallest absolute Gasteiger partial charge is 0.519 e. The molecule has 9 heteroatoms. The summed E-state index contributed by atoms with van der Waals surface area (Å²) >= 11 is 16.8. The molecule has 0 atom stereocenters. The van der Waals surface area contributed by atoms with Crippen molar-refractivity contribution >= 4 is 41.8 Å². The molecular weight excluding hydrogens is 313 g/mol. The average molecular weight is 317 g/mol. The van der Waals surface area contributed by atoms with Crippen molar-refractivity contribution in [3.8, 4) is 5.75 Å². The number of hydrogen-bond donors (Lipinski definition) is 0. The summed E-state index contributed by atoms with van der Waals surface area (Å²) in [6.07, 6.45) is 0. The topological polar surface area (TPSA) is 9.23 Å². The molecule has 0 aliphatic carbocycles. The van der Waals surface area contributed by atoms with E-state index < -0.39 is 13.5 Å². The van der Waals surface area contributed by atoms with Gasteiger partial charge in [0.05, 0.1) is 16.6 Å². The largest absolute Gasteiger partial charge is 1.00 e. The zero-order valence-corrected chi connectivity index (χ0v) is 13.5. The SMILES string of the molecule is F[B-](F)(F)COc1c(Cl)cc(Cl)cc1Cl.[K+]. The number of hydrogen-bond acceptors (Lipinski definition) is 1. The normalized spacial score (nSPS) is 10.9. The molecule has 16 heavy (non-hydrogen) atoms. The molecule has 0 saturated heterocycles. The van der Waals surface area contributed by atoms with E-state index >= 15 is 0 Å². The summed E-state index contributed by atoms with van der Waals surface area (Å²) in [5, 5.41) is 0.134. The van der Waals surface area contributed by atoms with Crippen LogP contribution in [0.3, 0.4) is 0 Å². The van der Waals surface area contributed by atoms with Crippen molar-refractivity contribution in [2.45, 2.75) is 0 Å². The predicted octanol–water partition coefficient (Wildman–Crippen LogP) is 1.42. The van der Waals surface area contributed by atoms with Gasteiger partial charge in [0.25, 0.3) is 0 Å². The second kappa shape index (κ2) is 7.09. The monoisotopic (exact) mass is 316 g/mol. The number of halogens is 6. The molecule has 0 amide bonds. The first kappa shape index (κ1) is 17.4. The van der Waals surface area contributed by atoms with Gasteiger partial charge in [-0.05, 0) is 12.1 Å². The van der Waals surface area contributed by atoms with Gasteiger partial charge in [-0.25, -0.2) is 0 Å². The Morgan fingerprint density at radius 2 is 1.50 bits per heavy atom. The fourth-order valence-electron chi connectivity index (χ4n) is 0.845. The van der Waals surface area contributed by atoms with Gasteiger partial charge in [0, 0.05) is 5.02 Å². The molecule has 1 aromatic rings. The molecule has 84 valence electrons. The van der Waals surface area contributed by atoms with Crippen LogP contribution < -0.4 is 56.1 Å². The van der Waals surface area contributed by atoms with Crippen molar-refractivity contribution in [1.82, 2.24) is 0 Å². The molecule has 0 heterocycles. The molecule has 0 aromatic heterocycles. The van der Waals surface area contributed by atoms with E-state index in [1.165, 1.54) is 12.1 Å². The Hall–Kier alpha value is 1.38. The fraction of sp³-hybridized carbons (Fsp3) is 0.143. The van der Waals surface area contributed by atoms with Crippen LogP contribution in [0.5, 0.6) is 5.75 Å². The summed E-state index contributed by atoms with van der Waals surface area (Å²) in [6, 6.07) is 2.52. The molecule has 0 saturated carbocycles. The summed E-state index contributed by atoms with van der Waals surface area (Å²) in [4.78, 5) is 0. The van der Waals surface area contributed by atoms with Crippen molar-refractivity contribution < 1.29 is 69.1 Å². The zero-order chi connectivity index (χ0) is 11.6. The molecular formula is C7H4BCl3F3KO. The van der Waals surface area contributed by atoms with Crippen LogP contribution in [0.15, 0.2) is 12.1 Å². The zero-order valence-electron chi connectivity index (χ0n) is 8.12. The maximum absolute atomic E-state index is 11.9. The van der Waals surface area contributed by atoms with E-state index in [9.17, 15) is 12.9 Å². The summed E-state index contributed by atoms with van der Waals surface area (Å²) in [5.41, 5.74) is 0. The molecule has 0 aliphatic rings. The van der Waals surface area contributed by atoms with Gasteiger partial charge in [-0.2, -0.15) is 0 Å². The first-order chi connectivity index (χ1) is 6.79. The first-order valence-corrected chi connectivity index (χ1v) is 4.91. The van der Waals surface area contributed by atoms with Crippen molar-refractivity contribution in [2.75, 3.05) is 6.51 Å². The summed E-state index contributed by atoms with van der Waals surface area (Å²) in [5.74, 6) is -0.207. The third-order valence-corrected chi connectivity index (χ3v) is 2.16. The van der Waals surface area contributed by atoms with Crippen molar-refractivity contribution in [3.63, 3.8) is 0 Å². The van der Waals surface area contributed by atoms with Gasteiger partial charge in [-0.3, -0.25) is 0 Å². The Balaban J connectivity index is 0.00000225. The Kier molecular flexibility index (Phi) is 7.70. The molecule has 0 radical (unpaired) electrons. The Morgan fingerprint density at radius 3 is 1.88 bits per heavy atom. The second-order valence-electron chi connectivity index (χ2n) is 2.72. The number of rotatable bonds is 3. The van der Waals surface area contributed by atoms with Crippen molar-refractivity contribution in [1.29, 1.82) is 0 Å². The van der Waals surface area contributed by atoms with Gasteiger partial charge in [0.1, 0.15) is 0 Å². The minimum absolute atomic E-state index is 0. The molecule has 0 unspecified atom stereocenters. The third kappa shape index (κ3) is 5.82. The minimum atomic E-state index is -5.04. The Bertz CT molecular complexity index is 351. The standard InChI is InChI=1S/C7H4BCl3F3O.K/c9-4-1-5(10)7(6(11)2-4)15-3-8(12,13)14;/h1-2H,3H2;/q-1;+1. The van der Waals surface area contributed by atoms with Crippen molar-refractivity contribution in [2.24, 2.45) is 0 Å². The van der Waals surface area contributed by atoms with Crippen LogP contribution >= 0.6 is 34.8 Å². The maximum atomic E-state index is 11.9. The van der Waals surface area contributed by atoms with Gasteiger partial charge in [-0.1, -0.05) is 34.8 Å². The van der Waals surface area contributed by atoms with E-state index in [0.29, 0.717) is 0 Å². The van der Waals surface area contributed by atoms with E-state index in [2.05, 4.69) is 4.74 Å². The second-order valence-corrected chi connectivity index (χ2v) is 3.97. The van der Waals surface area contributed by atoms with Crippen LogP contribution in [-0.2, 0) is 0 Å². The molecule has 1 rings (SSSR count). The van der Waals surface area contributed by atoms with Crippen LogP contribution in [0, 0.1) is 0 Å². The van der Waals surface area contributed by atoms with Crippen LogP contribution in [-0.4, -0.2) is 13.5 Å². The van der Waals surface area contributed by atoms with Gasteiger partial charge in [0.2, 0.25) is 0 Å². The Labute approximate surface area is 148 Å². The average Bonchev–Trinajstić information content (AvgIpc) is 1.99. The van der Waals surface area contributed by atoms with Gasteiger partial charge >= 0.3 is 58.4 Å². The third-order valence-electron chi connectivity index (χ3n) is 1.38. The van der Waals surface area contributed by atoms with Gasteiger partial charge in [0.15, 0.2) is 5.75 Å². The van der Waals surface area contributed by atoms with Gasteiger partial charge in [-0.15, -0.1) is 0 Å². The molecule has 0 bridgehead atoms. The predicted molar refractivity (Wildman–Crippen MR) is 56.0 cm³/mol. The molecule has 0 aliphatic heterocycles. The molecule has 1 aromatic carbocycles. The Morgan fingerprint density at radius 1 is 1.06 bits per heavy atom. The quantitative estimate of drug-likeness (QED) is 0.766.